The fourth-order valence-corrected chi connectivity index (χ4v) is 2.73. The molecule has 0 aliphatic heterocycles. The van der Waals surface area contributed by atoms with Gasteiger partial charge >= 0.3 is 0 Å². The second-order valence-corrected chi connectivity index (χ2v) is 6.39. The van der Waals surface area contributed by atoms with Gasteiger partial charge in [0.2, 0.25) is 5.91 Å². The Morgan fingerprint density at radius 1 is 1.19 bits per heavy atom. The van der Waals surface area contributed by atoms with Crippen molar-refractivity contribution < 1.29 is 14.3 Å². The van der Waals surface area contributed by atoms with Gasteiger partial charge in [0, 0.05) is 17.1 Å². The van der Waals surface area contributed by atoms with E-state index in [0.717, 1.165) is 5.56 Å². The highest BCUT2D eigenvalue weighted by molar-refractivity contribution is 6.31. The Labute approximate surface area is 157 Å². The molecular formula is C19H22ClN3O3. The van der Waals surface area contributed by atoms with Gasteiger partial charge < -0.3 is 20.7 Å². The third kappa shape index (κ3) is 5.47. The standard InChI is InChI=1S/C19H22ClN3O3/c1-23(2)17(15-8-3-4-9-16(15)20)11-22-18(24)12-26-14-7-5-6-13(10-14)19(21)25/h3-10,17H,11-12H2,1-2H3,(H2,21,25)(H,22,24)/t17-/m1/s1. The van der Waals surface area contributed by atoms with Gasteiger partial charge in [0.05, 0.1) is 6.04 Å². The molecule has 6 nitrogen and oxygen atoms in total. The van der Waals surface area contributed by atoms with Crippen LogP contribution in [-0.4, -0.2) is 44.0 Å². The lowest BCUT2D eigenvalue weighted by atomic mass is 10.1. The fourth-order valence-electron chi connectivity index (χ4n) is 2.47. The number of ether oxygens (including phenoxy) is 1. The average Bonchev–Trinajstić information content (AvgIpc) is 2.61. The summed E-state index contributed by atoms with van der Waals surface area (Å²) in [4.78, 5) is 25.3. The van der Waals surface area contributed by atoms with E-state index in [1.165, 1.54) is 6.07 Å². The molecule has 0 fully saturated rings. The predicted molar refractivity (Wildman–Crippen MR) is 101 cm³/mol. The molecule has 0 unspecified atom stereocenters. The van der Waals surface area contributed by atoms with Crippen molar-refractivity contribution in [2.45, 2.75) is 6.04 Å². The Kier molecular flexibility index (Phi) is 7.00. The average molecular weight is 376 g/mol. The highest BCUT2D eigenvalue weighted by atomic mass is 35.5. The van der Waals surface area contributed by atoms with Crippen LogP contribution in [0.4, 0.5) is 0 Å². The summed E-state index contributed by atoms with van der Waals surface area (Å²) in [5.41, 5.74) is 6.49. The molecule has 3 N–H and O–H groups in total. The van der Waals surface area contributed by atoms with Crippen molar-refractivity contribution in [2.24, 2.45) is 5.73 Å². The van der Waals surface area contributed by atoms with Gasteiger partial charge in [0.15, 0.2) is 6.61 Å². The first-order valence-corrected chi connectivity index (χ1v) is 8.46. The Hall–Kier alpha value is -2.57. The molecule has 0 saturated heterocycles. The monoisotopic (exact) mass is 375 g/mol. The number of hydrogen-bond donors (Lipinski definition) is 2. The summed E-state index contributed by atoms with van der Waals surface area (Å²) in [6.07, 6.45) is 0. The van der Waals surface area contributed by atoms with Crippen LogP contribution in [-0.2, 0) is 4.79 Å². The van der Waals surface area contributed by atoms with Crippen LogP contribution in [0.15, 0.2) is 48.5 Å². The number of benzene rings is 2. The van der Waals surface area contributed by atoms with E-state index in [9.17, 15) is 9.59 Å². The minimum atomic E-state index is -0.548. The summed E-state index contributed by atoms with van der Waals surface area (Å²) >= 11 is 6.26. The van der Waals surface area contributed by atoms with Gasteiger partial charge in [-0.15, -0.1) is 0 Å². The lowest BCUT2D eigenvalue weighted by Crippen LogP contribution is -2.37. The molecule has 2 aromatic carbocycles. The van der Waals surface area contributed by atoms with Gasteiger partial charge in [0.1, 0.15) is 5.75 Å². The summed E-state index contributed by atoms with van der Waals surface area (Å²) in [6.45, 7) is 0.227. The summed E-state index contributed by atoms with van der Waals surface area (Å²) in [6, 6.07) is 13.9. The summed E-state index contributed by atoms with van der Waals surface area (Å²) in [5, 5.41) is 3.49. The van der Waals surface area contributed by atoms with E-state index in [1.54, 1.807) is 18.2 Å². The second-order valence-electron chi connectivity index (χ2n) is 5.99. The topological polar surface area (TPSA) is 84.7 Å². The van der Waals surface area contributed by atoms with Crippen LogP contribution < -0.4 is 15.8 Å². The SMILES string of the molecule is CN(C)[C@H](CNC(=O)COc1cccc(C(N)=O)c1)c1ccccc1Cl. The van der Waals surface area contributed by atoms with Crippen LogP contribution in [0.2, 0.25) is 5.02 Å². The first-order chi connectivity index (χ1) is 12.4. The third-order valence-corrected chi connectivity index (χ3v) is 4.21. The second kappa shape index (κ2) is 9.22. The zero-order valence-corrected chi connectivity index (χ0v) is 15.5. The summed E-state index contributed by atoms with van der Waals surface area (Å²) < 4.78 is 5.42. The van der Waals surface area contributed by atoms with Crippen LogP contribution in [0.1, 0.15) is 22.0 Å². The highest BCUT2D eigenvalue weighted by Gasteiger charge is 2.18. The third-order valence-electron chi connectivity index (χ3n) is 3.87. The van der Waals surface area contributed by atoms with Crippen molar-refractivity contribution in [3.63, 3.8) is 0 Å². The van der Waals surface area contributed by atoms with Gasteiger partial charge in [-0.3, -0.25) is 9.59 Å². The number of amides is 2. The van der Waals surface area contributed by atoms with Crippen molar-refractivity contribution >= 4 is 23.4 Å². The molecule has 7 heteroatoms. The molecule has 138 valence electrons. The van der Waals surface area contributed by atoms with Gasteiger partial charge in [-0.25, -0.2) is 0 Å². The number of rotatable bonds is 8. The summed E-state index contributed by atoms with van der Waals surface area (Å²) in [5.74, 6) is -0.409. The Morgan fingerprint density at radius 3 is 2.58 bits per heavy atom. The first kappa shape index (κ1) is 19.8. The number of carbonyl (C=O) groups excluding carboxylic acids is 2. The zero-order valence-electron chi connectivity index (χ0n) is 14.7. The van der Waals surface area contributed by atoms with E-state index in [1.807, 2.05) is 43.3 Å². The molecule has 0 saturated carbocycles. The summed E-state index contributed by atoms with van der Waals surface area (Å²) in [7, 11) is 3.85. The molecule has 1 atom stereocenters. The maximum atomic E-state index is 12.1. The minimum Gasteiger partial charge on any atom is -0.484 e. The van der Waals surface area contributed by atoms with Gasteiger partial charge in [-0.2, -0.15) is 0 Å². The van der Waals surface area contributed by atoms with E-state index in [0.29, 0.717) is 22.9 Å². The van der Waals surface area contributed by atoms with Crippen molar-refractivity contribution in [2.75, 3.05) is 27.2 Å². The van der Waals surface area contributed by atoms with E-state index in [4.69, 9.17) is 22.1 Å². The highest BCUT2D eigenvalue weighted by Crippen LogP contribution is 2.25. The number of primary amides is 1. The number of nitrogens with zero attached hydrogens (tertiary/aromatic N) is 1. The molecule has 0 aromatic heterocycles. The van der Waals surface area contributed by atoms with Crippen LogP contribution in [0.25, 0.3) is 0 Å². The number of nitrogens with two attached hydrogens (primary N) is 1. The number of nitrogens with one attached hydrogen (secondary N) is 1. The zero-order chi connectivity index (χ0) is 19.1. The van der Waals surface area contributed by atoms with Crippen LogP contribution in [0, 0.1) is 0 Å². The molecule has 2 aromatic rings. The number of halogens is 1. The Morgan fingerprint density at radius 2 is 1.92 bits per heavy atom. The van der Waals surface area contributed by atoms with Crippen LogP contribution in [0.5, 0.6) is 5.75 Å². The van der Waals surface area contributed by atoms with Gasteiger partial charge in [-0.05, 0) is 43.9 Å². The number of hydrogen-bond acceptors (Lipinski definition) is 4. The molecule has 0 bridgehead atoms. The molecule has 0 radical (unpaired) electrons. The van der Waals surface area contributed by atoms with Crippen molar-refractivity contribution in [1.29, 1.82) is 0 Å². The van der Waals surface area contributed by atoms with E-state index >= 15 is 0 Å². The molecule has 2 rings (SSSR count). The molecule has 0 aliphatic carbocycles. The van der Waals surface area contributed by atoms with Gasteiger partial charge in [-0.1, -0.05) is 35.9 Å². The Bertz CT molecular complexity index is 780. The lowest BCUT2D eigenvalue weighted by Gasteiger charge is -2.26. The quantitative estimate of drug-likeness (QED) is 0.741. The first-order valence-electron chi connectivity index (χ1n) is 8.08. The molecule has 2 amide bonds. The van der Waals surface area contributed by atoms with E-state index < -0.39 is 5.91 Å². The molecule has 26 heavy (non-hydrogen) atoms. The molecule has 0 heterocycles. The van der Waals surface area contributed by atoms with Crippen molar-refractivity contribution in [1.82, 2.24) is 10.2 Å². The largest absolute Gasteiger partial charge is 0.484 e. The van der Waals surface area contributed by atoms with Crippen molar-refractivity contribution in [3.8, 4) is 5.75 Å². The fraction of sp³-hybridized carbons (Fsp3) is 0.263. The lowest BCUT2D eigenvalue weighted by molar-refractivity contribution is -0.123. The van der Waals surface area contributed by atoms with Gasteiger partial charge in [0.25, 0.3) is 5.91 Å². The maximum Gasteiger partial charge on any atom is 0.258 e. The van der Waals surface area contributed by atoms with Crippen LogP contribution >= 0.6 is 11.6 Å². The predicted octanol–water partition coefficient (Wildman–Crippen LogP) is 2.24. The molecule has 0 aliphatic rings. The van der Waals surface area contributed by atoms with E-state index in [-0.39, 0.29) is 18.6 Å². The maximum absolute atomic E-state index is 12.1. The molecular weight excluding hydrogens is 354 g/mol. The van der Waals surface area contributed by atoms with E-state index in [2.05, 4.69) is 5.32 Å². The Balaban J connectivity index is 1.92. The smallest absolute Gasteiger partial charge is 0.258 e. The normalized spacial score (nSPS) is 11.8. The number of likely N-dealkylation sites (N-methyl/N-ethyl adjacent to an activating group) is 1. The number of carbonyl (C=O) groups is 2. The molecule has 0 spiro atoms. The van der Waals surface area contributed by atoms with Crippen molar-refractivity contribution in [3.05, 3.63) is 64.7 Å². The minimum absolute atomic E-state index is 0.0640. The van der Waals surface area contributed by atoms with Crippen LogP contribution in [0.3, 0.4) is 0 Å².